The van der Waals surface area contributed by atoms with Gasteiger partial charge in [0.15, 0.2) is 5.65 Å². The molecule has 40 heavy (non-hydrogen) atoms. The lowest BCUT2D eigenvalue weighted by molar-refractivity contribution is -0.137. The number of amides is 1. The minimum Gasteiger partial charge on any atom is -0.496 e. The van der Waals surface area contributed by atoms with E-state index in [-0.39, 0.29) is 22.8 Å². The molecule has 0 saturated carbocycles. The van der Waals surface area contributed by atoms with Gasteiger partial charge >= 0.3 is 6.18 Å². The molecule has 202 valence electrons. The molecule has 0 atom stereocenters. The number of carbonyl (C=O) groups excluding carboxylic acids is 2. The molecule has 0 aliphatic carbocycles. The van der Waals surface area contributed by atoms with E-state index in [0.29, 0.717) is 46.3 Å². The number of aldehydes is 1. The molecule has 1 amide bonds. The summed E-state index contributed by atoms with van der Waals surface area (Å²) in [6, 6.07) is 11.7. The second kappa shape index (κ2) is 9.76. The Labute approximate surface area is 223 Å². The van der Waals surface area contributed by atoms with Crippen molar-refractivity contribution in [3.8, 4) is 33.8 Å². The van der Waals surface area contributed by atoms with E-state index in [4.69, 9.17) is 16.2 Å². The van der Waals surface area contributed by atoms with Crippen molar-refractivity contribution in [2.75, 3.05) is 12.8 Å². The number of halogens is 4. The van der Waals surface area contributed by atoms with Crippen LogP contribution in [0.3, 0.4) is 0 Å². The fourth-order valence-corrected chi connectivity index (χ4v) is 4.36. The standard InChI is InChI=1S/C27H18F4N6O3/c1-40-19-10-14(4-7-16(19)20-18(27(29,30)31)9-8-17(22(20)28)25(33)39)23-21-24(32)34-12-35-26(21)37(36-23)15-5-2-13(11-38)3-6-15/h2-12H,1H3,(H2,33,39)(H2,32,34,35). The number of nitrogens with zero attached hydrogens (tertiary/aromatic N) is 4. The molecule has 0 radical (unpaired) electrons. The van der Waals surface area contributed by atoms with E-state index >= 15 is 4.39 Å². The van der Waals surface area contributed by atoms with E-state index in [2.05, 4.69) is 15.1 Å². The largest absolute Gasteiger partial charge is 0.496 e. The fourth-order valence-electron chi connectivity index (χ4n) is 4.36. The predicted molar refractivity (Wildman–Crippen MR) is 137 cm³/mol. The molecular weight excluding hydrogens is 532 g/mol. The lowest BCUT2D eigenvalue weighted by atomic mass is 9.93. The van der Waals surface area contributed by atoms with Crippen molar-refractivity contribution in [3.05, 3.63) is 83.4 Å². The minimum atomic E-state index is -4.95. The van der Waals surface area contributed by atoms with Crippen LogP contribution in [-0.4, -0.2) is 39.1 Å². The Balaban J connectivity index is 1.74. The van der Waals surface area contributed by atoms with Gasteiger partial charge in [-0.15, -0.1) is 0 Å². The highest BCUT2D eigenvalue weighted by molar-refractivity contribution is 6.00. The predicted octanol–water partition coefficient (Wildman–Crippen LogP) is 4.81. The van der Waals surface area contributed by atoms with Crippen LogP contribution in [0.15, 0.2) is 60.9 Å². The van der Waals surface area contributed by atoms with Crippen molar-refractivity contribution in [1.82, 2.24) is 19.7 Å². The van der Waals surface area contributed by atoms with Crippen LogP contribution in [0, 0.1) is 5.82 Å². The van der Waals surface area contributed by atoms with Gasteiger partial charge in [-0.25, -0.2) is 19.0 Å². The minimum absolute atomic E-state index is 0.0818. The Morgan fingerprint density at radius 2 is 1.77 bits per heavy atom. The Hall–Kier alpha value is -5.33. The fraction of sp³-hybridized carbons (Fsp3) is 0.0741. The average Bonchev–Trinajstić information content (AvgIpc) is 3.33. The summed E-state index contributed by atoms with van der Waals surface area (Å²) in [6.45, 7) is 0. The van der Waals surface area contributed by atoms with E-state index < -0.39 is 34.6 Å². The third-order valence-electron chi connectivity index (χ3n) is 6.22. The Bertz CT molecular complexity index is 1800. The average molecular weight is 550 g/mol. The Morgan fingerprint density at radius 3 is 2.40 bits per heavy atom. The lowest BCUT2D eigenvalue weighted by Gasteiger charge is -2.18. The highest BCUT2D eigenvalue weighted by atomic mass is 19.4. The van der Waals surface area contributed by atoms with Gasteiger partial charge in [-0.3, -0.25) is 9.59 Å². The maximum Gasteiger partial charge on any atom is 0.417 e. The molecule has 0 aliphatic heterocycles. The van der Waals surface area contributed by atoms with Crippen LogP contribution < -0.4 is 16.2 Å². The van der Waals surface area contributed by atoms with Gasteiger partial charge in [0.1, 0.15) is 35.7 Å². The number of nitrogens with two attached hydrogens (primary N) is 2. The number of rotatable bonds is 6. The first-order chi connectivity index (χ1) is 19.0. The molecule has 13 heteroatoms. The quantitative estimate of drug-likeness (QED) is 0.229. The molecule has 2 heterocycles. The van der Waals surface area contributed by atoms with Crippen molar-refractivity contribution in [2.24, 2.45) is 5.73 Å². The van der Waals surface area contributed by atoms with Crippen LogP contribution in [0.5, 0.6) is 5.75 Å². The van der Waals surface area contributed by atoms with Crippen LogP contribution in [0.2, 0.25) is 0 Å². The van der Waals surface area contributed by atoms with Crippen molar-refractivity contribution in [1.29, 1.82) is 0 Å². The second-order valence-electron chi connectivity index (χ2n) is 8.55. The van der Waals surface area contributed by atoms with Gasteiger partial charge in [0.2, 0.25) is 0 Å². The topological polar surface area (TPSA) is 139 Å². The summed E-state index contributed by atoms with van der Waals surface area (Å²) >= 11 is 0. The highest BCUT2D eigenvalue weighted by Gasteiger charge is 2.37. The summed E-state index contributed by atoms with van der Waals surface area (Å²) < 4.78 is 63.8. The molecule has 9 nitrogen and oxygen atoms in total. The summed E-state index contributed by atoms with van der Waals surface area (Å²) in [4.78, 5) is 31.1. The van der Waals surface area contributed by atoms with Gasteiger partial charge in [-0.05, 0) is 48.5 Å². The molecule has 5 rings (SSSR count). The third-order valence-corrected chi connectivity index (χ3v) is 6.22. The zero-order valence-corrected chi connectivity index (χ0v) is 20.5. The zero-order chi connectivity index (χ0) is 28.8. The number of benzene rings is 3. The van der Waals surface area contributed by atoms with E-state index in [1.165, 1.54) is 36.3 Å². The normalized spacial score (nSPS) is 11.5. The number of fused-ring (bicyclic) bond motifs is 1. The number of anilines is 1. The van der Waals surface area contributed by atoms with Gasteiger partial charge in [-0.1, -0.05) is 6.07 Å². The summed E-state index contributed by atoms with van der Waals surface area (Å²) in [5.41, 5.74) is 10.1. The number of methoxy groups -OCH3 is 1. The Kier molecular flexibility index (Phi) is 6.42. The zero-order valence-electron chi connectivity index (χ0n) is 20.5. The van der Waals surface area contributed by atoms with Crippen LogP contribution in [0.4, 0.5) is 23.4 Å². The van der Waals surface area contributed by atoms with Crippen molar-refractivity contribution in [2.45, 2.75) is 6.18 Å². The number of nitrogen functional groups attached to an aromatic ring is 1. The molecule has 0 unspecified atom stereocenters. The number of hydrogen-bond acceptors (Lipinski definition) is 7. The Morgan fingerprint density at radius 1 is 1.05 bits per heavy atom. The van der Waals surface area contributed by atoms with E-state index in [9.17, 15) is 22.8 Å². The van der Waals surface area contributed by atoms with E-state index in [1.54, 1.807) is 24.3 Å². The maximum atomic E-state index is 15.3. The molecule has 0 spiro atoms. The number of ether oxygens (including phenoxy) is 1. The number of carbonyl (C=O) groups is 2. The second-order valence-corrected chi connectivity index (χ2v) is 8.55. The van der Waals surface area contributed by atoms with Crippen LogP contribution in [0.25, 0.3) is 39.1 Å². The molecule has 2 aromatic heterocycles. The van der Waals surface area contributed by atoms with Gasteiger partial charge in [0.25, 0.3) is 5.91 Å². The molecule has 4 N–H and O–H groups in total. The molecule has 0 aliphatic rings. The maximum absolute atomic E-state index is 15.3. The van der Waals surface area contributed by atoms with Crippen molar-refractivity contribution < 1.29 is 31.9 Å². The van der Waals surface area contributed by atoms with Crippen molar-refractivity contribution >= 4 is 29.0 Å². The molecule has 3 aromatic carbocycles. The summed E-state index contributed by atoms with van der Waals surface area (Å²) in [5, 5.41) is 4.95. The first-order valence-electron chi connectivity index (χ1n) is 11.5. The number of alkyl halides is 3. The molecule has 0 bridgehead atoms. The molecular formula is C27H18F4N6O3. The van der Waals surface area contributed by atoms with Crippen molar-refractivity contribution in [3.63, 3.8) is 0 Å². The van der Waals surface area contributed by atoms with Gasteiger partial charge in [0, 0.05) is 22.3 Å². The first kappa shape index (κ1) is 26.3. The van der Waals surface area contributed by atoms with Crippen LogP contribution >= 0.6 is 0 Å². The summed E-state index contributed by atoms with van der Waals surface area (Å²) in [6.07, 6.45) is -3.01. The van der Waals surface area contributed by atoms with Crippen LogP contribution in [-0.2, 0) is 6.18 Å². The summed E-state index contributed by atoms with van der Waals surface area (Å²) in [7, 11) is 1.20. The SMILES string of the molecule is COc1cc(-c2nn(-c3ccc(C=O)cc3)c3ncnc(N)c23)ccc1-c1c(C(F)(F)F)ccc(C(N)=O)c1F. The van der Waals surface area contributed by atoms with E-state index in [0.717, 1.165) is 0 Å². The smallest absolute Gasteiger partial charge is 0.417 e. The van der Waals surface area contributed by atoms with Gasteiger partial charge in [-0.2, -0.15) is 18.3 Å². The molecule has 0 fully saturated rings. The molecule has 0 saturated heterocycles. The molecule has 5 aromatic rings. The monoisotopic (exact) mass is 550 g/mol. The highest BCUT2D eigenvalue weighted by Crippen LogP contribution is 2.44. The number of aromatic nitrogens is 4. The third kappa shape index (κ3) is 4.36. The van der Waals surface area contributed by atoms with E-state index in [1.807, 2.05) is 0 Å². The lowest BCUT2D eigenvalue weighted by Crippen LogP contribution is -2.17. The first-order valence-corrected chi connectivity index (χ1v) is 11.5. The van der Waals surface area contributed by atoms with Gasteiger partial charge < -0.3 is 16.2 Å². The number of primary amides is 1. The van der Waals surface area contributed by atoms with Crippen LogP contribution in [0.1, 0.15) is 26.3 Å². The summed E-state index contributed by atoms with van der Waals surface area (Å²) in [5.74, 6) is -2.72. The number of hydrogen-bond donors (Lipinski definition) is 2. The van der Waals surface area contributed by atoms with Gasteiger partial charge in [0.05, 0.1) is 29.3 Å².